The van der Waals surface area contributed by atoms with Crippen molar-refractivity contribution in [2.45, 2.75) is 13.0 Å². The average molecular weight is 263 g/mol. The summed E-state index contributed by atoms with van der Waals surface area (Å²) in [6, 6.07) is 22.2. The van der Waals surface area contributed by atoms with Crippen LogP contribution in [0.4, 0.5) is 5.69 Å². The third kappa shape index (κ3) is 2.59. The molecule has 2 nitrogen and oxygen atoms in total. The number of anilines is 1. The number of phenolic OH excluding ortho intramolecular Hbond substituents is 1. The predicted molar refractivity (Wildman–Crippen MR) is 84.1 cm³/mol. The van der Waals surface area contributed by atoms with E-state index in [1.807, 2.05) is 24.3 Å². The van der Waals surface area contributed by atoms with Gasteiger partial charge < -0.3 is 10.4 Å². The maximum Gasteiger partial charge on any atom is 0.115 e. The van der Waals surface area contributed by atoms with Crippen molar-refractivity contribution < 1.29 is 5.11 Å². The lowest BCUT2D eigenvalue weighted by molar-refractivity contribution is 0.474. The van der Waals surface area contributed by atoms with Crippen LogP contribution in [-0.2, 0) is 0 Å². The third-order valence-corrected chi connectivity index (χ3v) is 3.50. The van der Waals surface area contributed by atoms with Gasteiger partial charge in [0.15, 0.2) is 0 Å². The summed E-state index contributed by atoms with van der Waals surface area (Å²) < 4.78 is 0. The molecule has 0 fully saturated rings. The van der Waals surface area contributed by atoms with Gasteiger partial charge in [-0.05, 0) is 47.5 Å². The highest BCUT2D eigenvalue weighted by molar-refractivity contribution is 5.85. The highest BCUT2D eigenvalue weighted by Gasteiger charge is 2.06. The minimum absolute atomic E-state index is 0.142. The van der Waals surface area contributed by atoms with Crippen molar-refractivity contribution >= 4 is 16.5 Å². The predicted octanol–water partition coefficient (Wildman–Crippen LogP) is 4.72. The number of hydrogen-bond acceptors (Lipinski definition) is 2. The quantitative estimate of drug-likeness (QED) is 0.716. The number of benzene rings is 3. The van der Waals surface area contributed by atoms with Crippen LogP contribution in [0.3, 0.4) is 0 Å². The van der Waals surface area contributed by atoms with E-state index in [-0.39, 0.29) is 6.04 Å². The number of hydrogen-bond donors (Lipinski definition) is 2. The van der Waals surface area contributed by atoms with E-state index in [4.69, 9.17) is 0 Å². The molecule has 0 aliphatic rings. The molecule has 0 saturated carbocycles. The first-order valence-corrected chi connectivity index (χ1v) is 6.77. The second-order valence-corrected chi connectivity index (χ2v) is 5.02. The summed E-state index contributed by atoms with van der Waals surface area (Å²) in [5.41, 5.74) is 2.15. The van der Waals surface area contributed by atoms with Crippen molar-refractivity contribution in [2.75, 3.05) is 5.32 Å². The molecule has 0 bridgehead atoms. The summed E-state index contributed by atoms with van der Waals surface area (Å²) >= 11 is 0. The third-order valence-electron chi connectivity index (χ3n) is 3.50. The number of rotatable bonds is 3. The van der Waals surface area contributed by atoms with E-state index in [9.17, 15) is 5.11 Å². The van der Waals surface area contributed by atoms with Gasteiger partial charge in [-0.25, -0.2) is 0 Å². The van der Waals surface area contributed by atoms with Crippen molar-refractivity contribution in [3.05, 3.63) is 72.3 Å². The Morgan fingerprint density at radius 2 is 1.65 bits per heavy atom. The topological polar surface area (TPSA) is 32.3 Å². The van der Waals surface area contributed by atoms with E-state index in [1.54, 1.807) is 12.1 Å². The molecule has 3 aromatic rings. The van der Waals surface area contributed by atoms with Crippen LogP contribution >= 0.6 is 0 Å². The largest absolute Gasteiger partial charge is 0.508 e. The van der Waals surface area contributed by atoms with Gasteiger partial charge in [-0.15, -0.1) is 0 Å². The summed E-state index contributed by atoms with van der Waals surface area (Å²) in [6.45, 7) is 2.09. The Bertz CT molecular complexity index is 736. The Morgan fingerprint density at radius 1 is 0.850 bits per heavy atom. The van der Waals surface area contributed by atoms with E-state index < -0.39 is 0 Å². The lowest BCUT2D eigenvalue weighted by atomic mass is 10.1. The second-order valence-electron chi connectivity index (χ2n) is 5.02. The standard InChI is InChI=1S/C18H17NO/c1-13(15-7-4-8-18(20)12-15)19-17-10-9-14-5-2-3-6-16(14)11-17/h2-13,19-20H,1H3. The van der Waals surface area contributed by atoms with Crippen LogP contribution in [0.15, 0.2) is 66.7 Å². The first-order valence-electron chi connectivity index (χ1n) is 6.77. The Morgan fingerprint density at radius 3 is 2.45 bits per heavy atom. The number of nitrogens with one attached hydrogen (secondary N) is 1. The molecule has 1 unspecified atom stereocenters. The van der Waals surface area contributed by atoms with Crippen LogP contribution in [0.5, 0.6) is 5.75 Å². The zero-order chi connectivity index (χ0) is 13.9. The molecular weight excluding hydrogens is 246 g/mol. The molecular formula is C18H17NO. The summed E-state index contributed by atoms with van der Waals surface area (Å²) in [5, 5.41) is 15.5. The Labute approximate surface area is 118 Å². The minimum Gasteiger partial charge on any atom is -0.508 e. The number of aromatic hydroxyl groups is 1. The Kier molecular flexibility index (Phi) is 3.30. The second kappa shape index (κ2) is 5.25. The van der Waals surface area contributed by atoms with E-state index in [0.29, 0.717) is 5.75 Å². The summed E-state index contributed by atoms with van der Waals surface area (Å²) in [5.74, 6) is 0.301. The molecule has 100 valence electrons. The zero-order valence-electron chi connectivity index (χ0n) is 11.4. The Hall–Kier alpha value is -2.48. The smallest absolute Gasteiger partial charge is 0.115 e. The van der Waals surface area contributed by atoms with Crippen LogP contribution in [-0.4, -0.2) is 5.11 Å². The average Bonchev–Trinajstić information content (AvgIpc) is 2.47. The van der Waals surface area contributed by atoms with E-state index >= 15 is 0 Å². The van der Waals surface area contributed by atoms with Gasteiger partial charge in [-0.2, -0.15) is 0 Å². The molecule has 0 aliphatic heterocycles. The van der Waals surface area contributed by atoms with Crippen LogP contribution in [0.25, 0.3) is 10.8 Å². The maximum absolute atomic E-state index is 9.54. The van der Waals surface area contributed by atoms with Crippen molar-refractivity contribution in [3.63, 3.8) is 0 Å². The van der Waals surface area contributed by atoms with Crippen LogP contribution in [0.2, 0.25) is 0 Å². The monoisotopic (exact) mass is 263 g/mol. The van der Waals surface area contributed by atoms with Crippen molar-refractivity contribution in [2.24, 2.45) is 0 Å². The van der Waals surface area contributed by atoms with Gasteiger partial charge in [0.05, 0.1) is 0 Å². The molecule has 0 aliphatic carbocycles. The van der Waals surface area contributed by atoms with E-state index in [2.05, 4.69) is 42.6 Å². The molecule has 3 aromatic carbocycles. The first kappa shape index (κ1) is 12.5. The van der Waals surface area contributed by atoms with E-state index in [1.165, 1.54) is 10.8 Å². The van der Waals surface area contributed by atoms with Crippen LogP contribution in [0, 0.1) is 0 Å². The van der Waals surface area contributed by atoms with Gasteiger partial charge >= 0.3 is 0 Å². The SMILES string of the molecule is CC(Nc1ccc2ccccc2c1)c1cccc(O)c1. The molecule has 20 heavy (non-hydrogen) atoms. The van der Waals surface area contributed by atoms with Gasteiger partial charge in [0.2, 0.25) is 0 Å². The fourth-order valence-corrected chi connectivity index (χ4v) is 2.41. The van der Waals surface area contributed by atoms with Crippen LogP contribution < -0.4 is 5.32 Å². The molecule has 3 rings (SSSR count). The number of fused-ring (bicyclic) bond motifs is 1. The molecule has 2 heteroatoms. The Balaban J connectivity index is 1.85. The van der Waals surface area contributed by atoms with Crippen LogP contribution in [0.1, 0.15) is 18.5 Å². The van der Waals surface area contributed by atoms with Gasteiger partial charge in [0, 0.05) is 11.7 Å². The molecule has 0 radical (unpaired) electrons. The molecule has 1 atom stereocenters. The highest BCUT2D eigenvalue weighted by atomic mass is 16.3. The van der Waals surface area contributed by atoms with Gasteiger partial charge in [-0.3, -0.25) is 0 Å². The number of phenols is 1. The molecule has 0 spiro atoms. The first-order chi connectivity index (χ1) is 9.72. The summed E-state index contributed by atoms with van der Waals surface area (Å²) in [4.78, 5) is 0. The van der Waals surface area contributed by atoms with Gasteiger partial charge in [-0.1, -0.05) is 42.5 Å². The van der Waals surface area contributed by atoms with Gasteiger partial charge in [0.1, 0.15) is 5.75 Å². The highest BCUT2D eigenvalue weighted by Crippen LogP contribution is 2.24. The lowest BCUT2D eigenvalue weighted by Crippen LogP contribution is -2.06. The molecule has 0 amide bonds. The van der Waals surface area contributed by atoms with Crippen molar-refractivity contribution in [3.8, 4) is 5.75 Å². The molecule has 0 heterocycles. The normalized spacial score (nSPS) is 12.2. The maximum atomic E-state index is 9.54. The van der Waals surface area contributed by atoms with Gasteiger partial charge in [0.25, 0.3) is 0 Å². The summed E-state index contributed by atoms with van der Waals surface area (Å²) in [7, 11) is 0. The minimum atomic E-state index is 0.142. The lowest BCUT2D eigenvalue weighted by Gasteiger charge is -2.16. The van der Waals surface area contributed by atoms with Crippen molar-refractivity contribution in [1.29, 1.82) is 0 Å². The van der Waals surface area contributed by atoms with E-state index in [0.717, 1.165) is 11.3 Å². The molecule has 2 N–H and O–H groups in total. The molecule has 0 saturated heterocycles. The fourth-order valence-electron chi connectivity index (χ4n) is 2.41. The zero-order valence-corrected chi connectivity index (χ0v) is 11.4. The summed E-state index contributed by atoms with van der Waals surface area (Å²) in [6.07, 6.45) is 0. The van der Waals surface area contributed by atoms with Crippen molar-refractivity contribution in [1.82, 2.24) is 0 Å². The fraction of sp³-hybridized carbons (Fsp3) is 0.111. The molecule has 0 aromatic heterocycles.